The summed E-state index contributed by atoms with van der Waals surface area (Å²) in [5, 5.41) is 3.23. The first-order valence-corrected chi connectivity index (χ1v) is 6.53. The van der Waals surface area contributed by atoms with E-state index in [-0.39, 0.29) is 11.8 Å². The number of halogens is 3. The van der Waals surface area contributed by atoms with Gasteiger partial charge in [-0.2, -0.15) is 13.2 Å². The van der Waals surface area contributed by atoms with E-state index >= 15 is 0 Å². The molecule has 3 nitrogen and oxygen atoms in total. The van der Waals surface area contributed by atoms with Gasteiger partial charge in [-0.3, -0.25) is 0 Å². The summed E-state index contributed by atoms with van der Waals surface area (Å²) in [6, 6.07) is 0. The molecule has 0 radical (unpaired) electrons. The fraction of sp³-hybridized carbons (Fsp3) is 1.00. The molecule has 1 fully saturated rings. The summed E-state index contributed by atoms with van der Waals surface area (Å²) in [6.07, 6.45) is -2.12. The third-order valence-corrected chi connectivity index (χ3v) is 3.55. The van der Waals surface area contributed by atoms with Crippen LogP contribution in [0.15, 0.2) is 0 Å². The van der Waals surface area contributed by atoms with Crippen molar-refractivity contribution in [1.29, 1.82) is 0 Å². The van der Waals surface area contributed by atoms with E-state index in [2.05, 4.69) is 5.32 Å². The Balaban J connectivity index is 2.09. The van der Waals surface area contributed by atoms with Gasteiger partial charge in [0.25, 0.3) is 0 Å². The molecule has 0 saturated carbocycles. The minimum absolute atomic E-state index is 0.0717. The number of unbranched alkanes of at least 4 members (excludes halogenated alkanes) is 1. The van der Waals surface area contributed by atoms with E-state index in [0.29, 0.717) is 19.5 Å². The molecule has 0 atom stereocenters. The van der Waals surface area contributed by atoms with Gasteiger partial charge in [0.15, 0.2) is 0 Å². The maximum absolute atomic E-state index is 11.9. The van der Waals surface area contributed by atoms with Crippen LogP contribution in [0.1, 0.15) is 32.1 Å². The molecule has 0 unspecified atom stereocenters. The second kappa shape index (κ2) is 7.31. The maximum atomic E-state index is 11.9. The Kier molecular flexibility index (Phi) is 6.38. The molecule has 18 heavy (non-hydrogen) atoms. The van der Waals surface area contributed by atoms with Crippen molar-refractivity contribution >= 4 is 0 Å². The number of alkyl halides is 3. The molecule has 1 rings (SSSR count). The highest BCUT2D eigenvalue weighted by molar-refractivity contribution is 4.84. The van der Waals surface area contributed by atoms with Crippen molar-refractivity contribution in [2.45, 2.75) is 38.3 Å². The van der Waals surface area contributed by atoms with Gasteiger partial charge in [0.2, 0.25) is 0 Å². The summed E-state index contributed by atoms with van der Waals surface area (Å²) < 4.78 is 41.1. The van der Waals surface area contributed by atoms with E-state index in [1.807, 2.05) is 0 Å². The summed E-state index contributed by atoms with van der Waals surface area (Å²) in [7, 11) is 0. The fourth-order valence-corrected chi connectivity index (χ4v) is 2.19. The van der Waals surface area contributed by atoms with Crippen LogP contribution < -0.4 is 11.1 Å². The molecule has 3 N–H and O–H groups in total. The molecule has 1 heterocycles. The quantitative estimate of drug-likeness (QED) is 0.695. The summed E-state index contributed by atoms with van der Waals surface area (Å²) in [4.78, 5) is 0. The Morgan fingerprint density at radius 1 is 1.17 bits per heavy atom. The average Bonchev–Trinajstić information content (AvgIpc) is 2.33. The lowest BCUT2D eigenvalue weighted by Gasteiger charge is -2.36. The van der Waals surface area contributed by atoms with Crippen molar-refractivity contribution in [2.24, 2.45) is 11.1 Å². The first-order chi connectivity index (χ1) is 8.47. The summed E-state index contributed by atoms with van der Waals surface area (Å²) in [6.45, 7) is 3.46. The molecule has 0 aromatic rings. The molecule has 0 aromatic carbocycles. The standard InChI is InChI=1S/C12H23F3N2O/c13-12(14,15)3-1-2-6-17-10-11(9-16)4-7-18-8-5-11/h17H,1-10,16H2. The van der Waals surface area contributed by atoms with Gasteiger partial charge in [0.05, 0.1) is 0 Å². The lowest BCUT2D eigenvalue weighted by atomic mass is 9.80. The highest BCUT2D eigenvalue weighted by Gasteiger charge is 2.30. The molecule has 0 aliphatic carbocycles. The van der Waals surface area contributed by atoms with Gasteiger partial charge in [-0.1, -0.05) is 0 Å². The molecular weight excluding hydrogens is 245 g/mol. The van der Waals surface area contributed by atoms with Crippen LogP contribution in [0.25, 0.3) is 0 Å². The number of ether oxygens (including phenoxy) is 1. The number of nitrogens with two attached hydrogens (primary N) is 1. The molecule has 1 aliphatic rings. The van der Waals surface area contributed by atoms with Crippen LogP contribution in [0.3, 0.4) is 0 Å². The van der Waals surface area contributed by atoms with Crippen molar-refractivity contribution in [2.75, 3.05) is 32.8 Å². The summed E-state index contributed by atoms with van der Waals surface area (Å²) in [5.41, 5.74) is 5.86. The zero-order valence-electron chi connectivity index (χ0n) is 10.7. The molecule has 0 amide bonds. The molecular formula is C12H23F3N2O. The number of hydrogen-bond donors (Lipinski definition) is 2. The second-order valence-electron chi connectivity index (χ2n) is 5.07. The van der Waals surface area contributed by atoms with Crippen molar-refractivity contribution in [3.63, 3.8) is 0 Å². The monoisotopic (exact) mass is 268 g/mol. The van der Waals surface area contributed by atoms with Gasteiger partial charge in [0.1, 0.15) is 0 Å². The predicted molar refractivity (Wildman–Crippen MR) is 64.3 cm³/mol. The maximum Gasteiger partial charge on any atom is 0.389 e. The van der Waals surface area contributed by atoms with Crippen molar-refractivity contribution in [3.8, 4) is 0 Å². The van der Waals surface area contributed by atoms with Gasteiger partial charge < -0.3 is 15.8 Å². The van der Waals surface area contributed by atoms with Crippen LogP contribution >= 0.6 is 0 Å². The SMILES string of the molecule is NCC1(CNCCCCC(F)(F)F)CCOCC1. The van der Waals surface area contributed by atoms with E-state index in [1.165, 1.54) is 0 Å². The zero-order chi connectivity index (χ0) is 13.5. The van der Waals surface area contributed by atoms with Gasteiger partial charge >= 0.3 is 6.18 Å². The van der Waals surface area contributed by atoms with Crippen LogP contribution in [0.4, 0.5) is 13.2 Å². The molecule has 1 saturated heterocycles. The minimum atomic E-state index is -4.03. The van der Waals surface area contributed by atoms with Crippen LogP contribution in [0, 0.1) is 5.41 Å². The molecule has 6 heteroatoms. The Labute approximate surface area is 106 Å². The largest absolute Gasteiger partial charge is 0.389 e. The number of rotatable bonds is 7. The second-order valence-corrected chi connectivity index (χ2v) is 5.07. The normalized spacial score (nSPS) is 20.0. The van der Waals surface area contributed by atoms with Crippen LogP contribution in [-0.2, 0) is 4.74 Å². The Hall–Kier alpha value is -0.330. The highest BCUT2D eigenvalue weighted by Crippen LogP contribution is 2.28. The fourth-order valence-electron chi connectivity index (χ4n) is 2.19. The number of nitrogens with one attached hydrogen (secondary N) is 1. The molecule has 0 bridgehead atoms. The van der Waals surface area contributed by atoms with E-state index in [4.69, 9.17) is 10.5 Å². The van der Waals surface area contributed by atoms with E-state index in [9.17, 15) is 13.2 Å². The van der Waals surface area contributed by atoms with Crippen molar-refractivity contribution in [1.82, 2.24) is 5.32 Å². The molecule has 1 aliphatic heterocycles. The summed E-state index contributed by atoms with van der Waals surface area (Å²) in [5.74, 6) is 0. The predicted octanol–water partition coefficient (Wildman–Crippen LogP) is 2.06. The van der Waals surface area contributed by atoms with Crippen molar-refractivity contribution < 1.29 is 17.9 Å². The van der Waals surface area contributed by atoms with E-state index in [1.54, 1.807) is 0 Å². The average molecular weight is 268 g/mol. The first-order valence-electron chi connectivity index (χ1n) is 6.53. The van der Waals surface area contributed by atoms with E-state index < -0.39 is 12.6 Å². The van der Waals surface area contributed by atoms with Crippen LogP contribution in [0.2, 0.25) is 0 Å². The third-order valence-electron chi connectivity index (χ3n) is 3.55. The molecule has 0 spiro atoms. The molecule has 108 valence electrons. The Morgan fingerprint density at radius 3 is 2.39 bits per heavy atom. The zero-order valence-corrected chi connectivity index (χ0v) is 10.7. The van der Waals surface area contributed by atoms with Gasteiger partial charge in [0, 0.05) is 26.2 Å². The first kappa shape index (κ1) is 15.7. The lowest BCUT2D eigenvalue weighted by Crippen LogP contribution is -2.44. The summed E-state index contributed by atoms with van der Waals surface area (Å²) >= 11 is 0. The Bertz CT molecular complexity index is 228. The highest BCUT2D eigenvalue weighted by atomic mass is 19.4. The third kappa shape index (κ3) is 6.02. The van der Waals surface area contributed by atoms with Gasteiger partial charge in [-0.25, -0.2) is 0 Å². The topological polar surface area (TPSA) is 47.3 Å². The minimum Gasteiger partial charge on any atom is -0.381 e. The smallest absolute Gasteiger partial charge is 0.381 e. The molecule has 0 aromatic heterocycles. The van der Waals surface area contributed by atoms with Crippen LogP contribution in [-0.4, -0.2) is 39.0 Å². The Morgan fingerprint density at radius 2 is 1.83 bits per heavy atom. The number of hydrogen-bond acceptors (Lipinski definition) is 3. The van der Waals surface area contributed by atoms with Gasteiger partial charge in [-0.05, 0) is 44.2 Å². The van der Waals surface area contributed by atoms with E-state index in [0.717, 1.165) is 32.6 Å². The van der Waals surface area contributed by atoms with Crippen molar-refractivity contribution in [3.05, 3.63) is 0 Å². The van der Waals surface area contributed by atoms with Gasteiger partial charge in [-0.15, -0.1) is 0 Å². The lowest BCUT2D eigenvalue weighted by molar-refractivity contribution is -0.135. The van der Waals surface area contributed by atoms with Crippen LogP contribution in [0.5, 0.6) is 0 Å².